The zero-order valence-electron chi connectivity index (χ0n) is 13.2. The van der Waals surface area contributed by atoms with Crippen LogP contribution in [0.1, 0.15) is 23.2 Å². The molecule has 0 N–H and O–H groups in total. The summed E-state index contributed by atoms with van der Waals surface area (Å²) < 4.78 is 6.44. The highest BCUT2D eigenvalue weighted by Crippen LogP contribution is 2.25. The molecular weight excluding hydrogens is 385 g/mol. The average Bonchev–Trinajstić information content (AvgIpc) is 3.00. The first-order valence-electron chi connectivity index (χ1n) is 7.45. The first kappa shape index (κ1) is 17.8. The number of nitrogens with zero attached hydrogens (tertiary/aromatic N) is 3. The Morgan fingerprint density at radius 2 is 2.04 bits per heavy atom. The van der Waals surface area contributed by atoms with E-state index in [0.29, 0.717) is 26.3 Å². The first-order valence-corrected chi connectivity index (χ1v) is 9.02. The van der Waals surface area contributed by atoms with Crippen molar-refractivity contribution < 1.29 is 9.53 Å². The molecule has 9 heteroatoms. The van der Waals surface area contributed by atoms with E-state index >= 15 is 0 Å². The van der Waals surface area contributed by atoms with E-state index in [2.05, 4.69) is 10.1 Å². The molecule has 2 aromatic heterocycles. The molecule has 0 atom stereocenters. The Balaban J connectivity index is 1.72. The standard InChI is InChI=1S/C16H13Cl2N3O3S/c1-2-13-20-21-14(22)6-9(19-16(21)25-13)8-24-15(23)7-10-11(17)4-3-5-12(10)18/h3-6H,2,7-8H2,1H3. The van der Waals surface area contributed by atoms with Crippen molar-refractivity contribution in [3.8, 4) is 0 Å². The summed E-state index contributed by atoms with van der Waals surface area (Å²) in [5.41, 5.74) is 0.574. The van der Waals surface area contributed by atoms with Gasteiger partial charge in [-0.25, -0.2) is 4.98 Å². The van der Waals surface area contributed by atoms with Gasteiger partial charge in [0.15, 0.2) is 0 Å². The molecule has 0 saturated carbocycles. The fourth-order valence-electron chi connectivity index (χ4n) is 2.16. The summed E-state index contributed by atoms with van der Waals surface area (Å²) in [5.74, 6) is -0.504. The summed E-state index contributed by atoms with van der Waals surface area (Å²) in [6, 6.07) is 6.32. The van der Waals surface area contributed by atoms with Crippen LogP contribution in [0.5, 0.6) is 0 Å². The minimum atomic E-state index is -0.504. The molecule has 130 valence electrons. The molecular formula is C16H13Cl2N3O3S. The zero-order chi connectivity index (χ0) is 18.0. The number of hydrogen-bond acceptors (Lipinski definition) is 6. The maximum atomic E-state index is 12.0. The number of rotatable bonds is 5. The summed E-state index contributed by atoms with van der Waals surface area (Å²) in [7, 11) is 0. The van der Waals surface area contributed by atoms with Gasteiger partial charge >= 0.3 is 5.97 Å². The highest BCUT2D eigenvalue weighted by atomic mass is 35.5. The normalized spacial score (nSPS) is 11.0. The number of hydrogen-bond donors (Lipinski definition) is 0. The third-order valence-corrected chi connectivity index (χ3v) is 5.17. The monoisotopic (exact) mass is 397 g/mol. The van der Waals surface area contributed by atoms with Crippen LogP contribution >= 0.6 is 34.5 Å². The van der Waals surface area contributed by atoms with Crippen molar-refractivity contribution in [1.82, 2.24) is 14.6 Å². The third-order valence-electron chi connectivity index (χ3n) is 3.41. The fourth-order valence-corrected chi connectivity index (χ4v) is 3.55. The molecule has 6 nitrogen and oxygen atoms in total. The van der Waals surface area contributed by atoms with Crippen LogP contribution in [0.2, 0.25) is 10.0 Å². The number of benzene rings is 1. The summed E-state index contributed by atoms with van der Waals surface area (Å²) in [5, 5.41) is 5.78. The van der Waals surface area contributed by atoms with E-state index in [1.165, 1.54) is 21.9 Å². The van der Waals surface area contributed by atoms with Crippen molar-refractivity contribution in [3.63, 3.8) is 0 Å². The molecule has 1 aromatic carbocycles. The molecule has 0 saturated heterocycles. The number of aromatic nitrogens is 3. The Bertz CT molecular complexity index is 980. The highest BCUT2D eigenvalue weighted by molar-refractivity contribution is 7.16. The second kappa shape index (κ2) is 7.51. The summed E-state index contributed by atoms with van der Waals surface area (Å²) >= 11 is 13.4. The lowest BCUT2D eigenvalue weighted by Crippen LogP contribution is -2.17. The third kappa shape index (κ3) is 4.00. The molecule has 0 aliphatic rings. The topological polar surface area (TPSA) is 73.6 Å². The van der Waals surface area contributed by atoms with Gasteiger partial charge in [-0.05, 0) is 18.6 Å². The van der Waals surface area contributed by atoms with Gasteiger partial charge in [0.05, 0.1) is 12.1 Å². The van der Waals surface area contributed by atoms with Crippen molar-refractivity contribution >= 4 is 45.5 Å². The second-order valence-electron chi connectivity index (χ2n) is 5.17. The first-order chi connectivity index (χ1) is 12.0. The number of ether oxygens (including phenoxy) is 1. The Morgan fingerprint density at radius 3 is 2.72 bits per heavy atom. The van der Waals surface area contributed by atoms with Crippen LogP contribution < -0.4 is 5.56 Å². The molecule has 3 aromatic rings. The SMILES string of the molecule is CCc1nn2c(=O)cc(COC(=O)Cc3c(Cl)cccc3Cl)nc2s1. The highest BCUT2D eigenvalue weighted by Gasteiger charge is 2.13. The van der Waals surface area contributed by atoms with Gasteiger partial charge in [-0.2, -0.15) is 9.61 Å². The minimum absolute atomic E-state index is 0.0553. The number of esters is 1. The number of carbonyl (C=O) groups is 1. The molecule has 0 amide bonds. The average molecular weight is 398 g/mol. The predicted molar refractivity (Wildman–Crippen MR) is 96.5 cm³/mol. The van der Waals surface area contributed by atoms with Crippen molar-refractivity contribution in [2.75, 3.05) is 0 Å². The maximum absolute atomic E-state index is 12.0. The fraction of sp³-hybridized carbons (Fsp3) is 0.250. The van der Waals surface area contributed by atoms with Crippen LogP contribution in [0.15, 0.2) is 29.1 Å². The predicted octanol–water partition coefficient (Wildman–Crippen LogP) is 3.31. The Kier molecular flexibility index (Phi) is 5.36. The van der Waals surface area contributed by atoms with Gasteiger partial charge < -0.3 is 4.74 Å². The van der Waals surface area contributed by atoms with Gasteiger partial charge in [0.1, 0.15) is 11.6 Å². The lowest BCUT2D eigenvalue weighted by molar-refractivity contribution is -0.144. The quantitative estimate of drug-likeness (QED) is 0.617. The Morgan fingerprint density at radius 1 is 1.32 bits per heavy atom. The molecule has 0 unspecified atom stereocenters. The number of carbonyl (C=O) groups excluding carboxylic acids is 1. The van der Waals surface area contributed by atoms with E-state index in [1.54, 1.807) is 18.2 Å². The molecule has 0 bridgehead atoms. The van der Waals surface area contributed by atoms with Crippen molar-refractivity contribution in [3.05, 3.63) is 60.9 Å². The van der Waals surface area contributed by atoms with Crippen LogP contribution in [-0.4, -0.2) is 20.6 Å². The molecule has 2 heterocycles. The van der Waals surface area contributed by atoms with Gasteiger partial charge in [0.2, 0.25) is 4.96 Å². The zero-order valence-corrected chi connectivity index (χ0v) is 15.5. The molecule has 3 rings (SSSR count). The lowest BCUT2D eigenvalue weighted by Gasteiger charge is -2.07. The van der Waals surface area contributed by atoms with E-state index < -0.39 is 5.97 Å². The van der Waals surface area contributed by atoms with Crippen molar-refractivity contribution in [2.45, 2.75) is 26.4 Å². The molecule has 0 fully saturated rings. The molecule has 0 spiro atoms. The number of fused-ring (bicyclic) bond motifs is 1. The van der Waals surface area contributed by atoms with Crippen LogP contribution in [0.3, 0.4) is 0 Å². The van der Waals surface area contributed by atoms with E-state index in [1.807, 2.05) is 6.92 Å². The van der Waals surface area contributed by atoms with Crippen molar-refractivity contribution in [1.29, 1.82) is 0 Å². The van der Waals surface area contributed by atoms with E-state index in [0.717, 1.165) is 11.4 Å². The van der Waals surface area contributed by atoms with Crippen LogP contribution in [0, 0.1) is 0 Å². The van der Waals surface area contributed by atoms with Crippen LogP contribution in [0.4, 0.5) is 0 Å². The van der Waals surface area contributed by atoms with Gasteiger partial charge in [0.25, 0.3) is 5.56 Å². The summed E-state index contributed by atoms with van der Waals surface area (Å²) in [6.45, 7) is 1.84. The second-order valence-corrected chi connectivity index (χ2v) is 7.02. The Hall–Kier alpha value is -1.96. The molecule has 0 aliphatic carbocycles. The molecule has 0 aliphatic heterocycles. The minimum Gasteiger partial charge on any atom is -0.459 e. The largest absolute Gasteiger partial charge is 0.459 e. The Labute approximate surface area is 157 Å². The van der Waals surface area contributed by atoms with Gasteiger partial charge in [-0.3, -0.25) is 9.59 Å². The molecule has 25 heavy (non-hydrogen) atoms. The summed E-state index contributed by atoms with van der Waals surface area (Å²) in [4.78, 5) is 28.9. The van der Waals surface area contributed by atoms with E-state index in [4.69, 9.17) is 27.9 Å². The smallest absolute Gasteiger partial charge is 0.310 e. The van der Waals surface area contributed by atoms with Crippen LogP contribution in [-0.2, 0) is 29.0 Å². The van der Waals surface area contributed by atoms with Gasteiger partial charge in [-0.1, -0.05) is 47.5 Å². The van der Waals surface area contributed by atoms with E-state index in [9.17, 15) is 9.59 Å². The maximum Gasteiger partial charge on any atom is 0.310 e. The van der Waals surface area contributed by atoms with Gasteiger partial charge in [-0.15, -0.1) is 0 Å². The van der Waals surface area contributed by atoms with Gasteiger partial charge in [0, 0.05) is 21.7 Å². The number of halogens is 2. The van der Waals surface area contributed by atoms with Crippen molar-refractivity contribution in [2.24, 2.45) is 0 Å². The number of aryl methyl sites for hydroxylation is 1. The van der Waals surface area contributed by atoms with Crippen LogP contribution in [0.25, 0.3) is 4.96 Å². The molecule has 0 radical (unpaired) electrons. The lowest BCUT2D eigenvalue weighted by atomic mass is 10.1. The summed E-state index contributed by atoms with van der Waals surface area (Å²) in [6.07, 6.45) is 0.663. The van der Waals surface area contributed by atoms with E-state index in [-0.39, 0.29) is 18.6 Å².